The first-order chi connectivity index (χ1) is 15.8. The second-order valence-electron chi connectivity index (χ2n) is 7.81. The second-order valence-corrected chi connectivity index (χ2v) is 8.84. The summed E-state index contributed by atoms with van der Waals surface area (Å²) in [6.07, 6.45) is 0. The highest BCUT2D eigenvalue weighted by Crippen LogP contribution is 2.30. The predicted molar refractivity (Wildman–Crippen MR) is 126 cm³/mol. The quantitative estimate of drug-likeness (QED) is 0.431. The van der Waals surface area contributed by atoms with Gasteiger partial charge in [0.2, 0.25) is 0 Å². The van der Waals surface area contributed by atoms with Crippen LogP contribution in [-0.4, -0.2) is 58.4 Å². The van der Waals surface area contributed by atoms with Crippen LogP contribution < -0.4 is 9.64 Å². The van der Waals surface area contributed by atoms with E-state index in [-0.39, 0.29) is 6.04 Å². The van der Waals surface area contributed by atoms with Crippen LogP contribution in [0.3, 0.4) is 0 Å². The smallest absolute Gasteiger partial charge is 0.173 e. The van der Waals surface area contributed by atoms with Gasteiger partial charge in [-0.05, 0) is 51.7 Å². The number of hydrogen-bond acceptors (Lipinski definition) is 7. The number of thiophene rings is 1. The summed E-state index contributed by atoms with van der Waals surface area (Å²) >= 11 is 1.73. The van der Waals surface area contributed by atoms with E-state index in [1.165, 1.54) is 16.1 Å². The van der Waals surface area contributed by atoms with Crippen molar-refractivity contribution in [2.45, 2.75) is 12.6 Å². The number of ether oxygens (including phenoxy) is 1. The van der Waals surface area contributed by atoms with Crippen LogP contribution in [0.5, 0.6) is 5.75 Å². The summed E-state index contributed by atoms with van der Waals surface area (Å²) in [7, 11) is 1.70. The molecule has 0 aliphatic carbocycles. The molecular formula is C24H26N6OS. The van der Waals surface area contributed by atoms with E-state index in [0.29, 0.717) is 6.54 Å². The van der Waals surface area contributed by atoms with Crippen LogP contribution in [0.25, 0.3) is 0 Å². The van der Waals surface area contributed by atoms with Gasteiger partial charge in [0.05, 0.1) is 19.7 Å². The third-order valence-corrected chi connectivity index (χ3v) is 6.78. The molecule has 32 heavy (non-hydrogen) atoms. The number of methoxy groups -OCH3 is 1. The van der Waals surface area contributed by atoms with Crippen molar-refractivity contribution in [3.63, 3.8) is 0 Å². The molecule has 1 fully saturated rings. The first-order valence-electron chi connectivity index (χ1n) is 10.8. The van der Waals surface area contributed by atoms with Crippen molar-refractivity contribution in [1.82, 2.24) is 25.1 Å². The van der Waals surface area contributed by atoms with Gasteiger partial charge < -0.3 is 9.64 Å². The second kappa shape index (κ2) is 9.50. The number of tetrazole rings is 1. The lowest BCUT2D eigenvalue weighted by Crippen LogP contribution is -2.48. The van der Waals surface area contributed by atoms with Crippen LogP contribution in [0.15, 0.2) is 72.1 Å². The van der Waals surface area contributed by atoms with Gasteiger partial charge in [-0.25, -0.2) is 4.68 Å². The molecule has 0 saturated carbocycles. The average Bonchev–Trinajstić information content (AvgIpc) is 3.54. The fraction of sp³-hybridized carbons (Fsp3) is 0.292. The number of anilines is 1. The number of piperazine rings is 1. The molecule has 1 atom stereocenters. The molecule has 7 nitrogen and oxygen atoms in total. The molecular weight excluding hydrogens is 420 g/mol. The van der Waals surface area contributed by atoms with Gasteiger partial charge >= 0.3 is 0 Å². The van der Waals surface area contributed by atoms with E-state index in [9.17, 15) is 0 Å². The number of aromatic nitrogens is 4. The van der Waals surface area contributed by atoms with Crippen molar-refractivity contribution < 1.29 is 4.74 Å². The first kappa shape index (κ1) is 20.7. The van der Waals surface area contributed by atoms with Crippen molar-refractivity contribution in [1.29, 1.82) is 0 Å². The summed E-state index contributed by atoms with van der Waals surface area (Å²) in [6, 6.07) is 23.1. The Bertz CT molecular complexity index is 1110. The summed E-state index contributed by atoms with van der Waals surface area (Å²) in [4.78, 5) is 6.16. The van der Waals surface area contributed by atoms with Crippen molar-refractivity contribution in [3.8, 4) is 5.75 Å². The molecule has 0 amide bonds. The van der Waals surface area contributed by atoms with Crippen LogP contribution in [-0.2, 0) is 6.54 Å². The van der Waals surface area contributed by atoms with Crippen LogP contribution in [0.1, 0.15) is 22.3 Å². The largest absolute Gasteiger partial charge is 0.497 e. The molecule has 1 aliphatic heterocycles. The van der Waals surface area contributed by atoms with Gasteiger partial charge in [0.15, 0.2) is 5.82 Å². The molecule has 1 saturated heterocycles. The van der Waals surface area contributed by atoms with Gasteiger partial charge in [-0.3, -0.25) is 4.90 Å². The lowest BCUT2D eigenvalue weighted by Gasteiger charge is -2.40. The highest BCUT2D eigenvalue weighted by atomic mass is 32.1. The van der Waals surface area contributed by atoms with E-state index in [2.05, 4.69) is 85.3 Å². The highest BCUT2D eigenvalue weighted by molar-refractivity contribution is 7.09. The Labute approximate surface area is 191 Å². The Morgan fingerprint density at radius 3 is 2.41 bits per heavy atom. The monoisotopic (exact) mass is 446 g/mol. The lowest BCUT2D eigenvalue weighted by atomic mass is 10.0. The van der Waals surface area contributed by atoms with Crippen LogP contribution >= 0.6 is 11.3 Å². The Morgan fingerprint density at radius 2 is 1.72 bits per heavy atom. The van der Waals surface area contributed by atoms with Crippen molar-refractivity contribution >= 4 is 17.0 Å². The van der Waals surface area contributed by atoms with Crippen LogP contribution in [0.4, 0.5) is 5.69 Å². The zero-order valence-corrected chi connectivity index (χ0v) is 18.9. The molecule has 4 aromatic rings. The highest BCUT2D eigenvalue weighted by Gasteiger charge is 2.30. The fourth-order valence-corrected chi connectivity index (χ4v) is 4.95. The minimum Gasteiger partial charge on any atom is -0.497 e. The van der Waals surface area contributed by atoms with Crippen LogP contribution in [0, 0.1) is 0 Å². The Morgan fingerprint density at radius 1 is 0.938 bits per heavy atom. The molecule has 2 aromatic heterocycles. The summed E-state index contributed by atoms with van der Waals surface area (Å²) < 4.78 is 7.24. The number of hydrogen-bond donors (Lipinski definition) is 0. The molecule has 1 aliphatic rings. The fourth-order valence-electron chi connectivity index (χ4n) is 4.26. The maximum absolute atomic E-state index is 5.30. The van der Waals surface area contributed by atoms with Gasteiger partial charge in [-0.15, -0.1) is 16.4 Å². The van der Waals surface area contributed by atoms with E-state index in [1.54, 1.807) is 18.4 Å². The third-order valence-electron chi connectivity index (χ3n) is 5.92. The summed E-state index contributed by atoms with van der Waals surface area (Å²) in [6.45, 7) is 4.44. The zero-order valence-electron chi connectivity index (χ0n) is 18.0. The lowest BCUT2D eigenvalue weighted by molar-refractivity contribution is 0.201. The topological polar surface area (TPSA) is 59.3 Å². The van der Waals surface area contributed by atoms with Gasteiger partial charge in [0, 0.05) is 36.7 Å². The van der Waals surface area contributed by atoms with E-state index in [0.717, 1.165) is 37.8 Å². The Balaban J connectivity index is 1.38. The number of nitrogens with zero attached hydrogens (tertiary/aromatic N) is 6. The summed E-state index contributed by atoms with van der Waals surface area (Å²) in [5.41, 5.74) is 2.44. The molecule has 0 radical (unpaired) electrons. The van der Waals surface area contributed by atoms with Crippen molar-refractivity contribution in [2.75, 3.05) is 38.2 Å². The normalized spacial score (nSPS) is 15.6. The molecule has 0 bridgehead atoms. The molecule has 0 spiro atoms. The molecule has 2 aromatic carbocycles. The number of benzene rings is 2. The summed E-state index contributed by atoms with van der Waals surface area (Å²) in [5, 5.41) is 14.9. The maximum Gasteiger partial charge on any atom is 0.173 e. The van der Waals surface area contributed by atoms with E-state index in [4.69, 9.17) is 4.74 Å². The van der Waals surface area contributed by atoms with Crippen molar-refractivity contribution in [3.05, 3.63) is 88.4 Å². The molecule has 3 heterocycles. The Kier molecular flexibility index (Phi) is 6.13. The van der Waals surface area contributed by atoms with Gasteiger partial charge in [0.25, 0.3) is 0 Å². The molecule has 0 N–H and O–H groups in total. The van der Waals surface area contributed by atoms with Gasteiger partial charge in [-0.2, -0.15) is 0 Å². The van der Waals surface area contributed by atoms with E-state index < -0.39 is 0 Å². The number of rotatable bonds is 7. The Hall–Kier alpha value is -3.23. The molecule has 8 heteroatoms. The minimum atomic E-state index is 0.0178. The van der Waals surface area contributed by atoms with Crippen LogP contribution in [0.2, 0.25) is 0 Å². The predicted octanol–water partition coefficient (Wildman–Crippen LogP) is 3.70. The van der Waals surface area contributed by atoms with E-state index in [1.807, 2.05) is 16.8 Å². The molecule has 164 valence electrons. The maximum atomic E-state index is 5.30. The SMILES string of the molecule is COc1ccc(N2CCN([C@H](c3ccccc3)c3nnnn3Cc3cccs3)CC2)cc1. The molecule has 5 rings (SSSR count). The minimum absolute atomic E-state index is 0.0178. The van der Waals surface area contributed by atoms with Gasteiger partial charge in [-0.1, -0.05) is 36.4 Å². The first-order valence-corrected chi connectivity index (χ1v) is 11.7. The molecule has 0 unspecified atom stereocenters. The van der Waals surface area contributed by atoms with E-state index >= 15 is 0 Å². The zero-order chi connectivity index (χ0) is 21.8. The van der Waals surface area contributed by atoms with Crippen molar-refractivity contribution in [2.24, 2.45) is 0 Å². The standard InChI is InChI=1S/C24H26N6OS/c1-31-21-11-9-20(10-12-21)28-13-15-29(16-14-28)23(19-6-3-2-4-7-19)24-25-26-27-30(24)18-22-8-5-17-32-22/h2-12,17,23H,13-16,18H2,1H3/t23-/m1/s1. The third kappa shape index (κ3) is 4.37. The average molecular weight is 447 g/mol. The summed E-state index contributed by atoms with van der Waals surface area (Å²) in [5.74, 6) is 1.77. The van der Waals surface area contributed by atoms with Gasteiger partial charge in [0.1, 0.15) is 5.75 Å².